The Bertz CT molecular complexity index is 1520. The molecule has 14 heteroatoms. The summed E-state index contributed by atoms with van der Waals surface area (Å²) in [4.78, 5) is 44.2. The minimum absolute atomic E-state index is 0.0554. The van der Waals surface area contributed by atoms with Crippen molar-refractivity contribution >= 4 is 51.9 Å². The monoisotopic (exact) mass is 572 g/mol. The van der Waals surface area contributed by atoms with Gasteiger partial charge in [0.05, 0.1) is 40.2 Å². The van der Waals surface area contributed by atoms with Gasteiger partial charge in [-0.1, -0.05) is 23.2 Å². The van der Waals surface area contributed by atoms with Crippen molar-refractivity contribution in [2.75, 3.05) is 11.4 Å². The molecule has 2 N–H and O–H groups in total. The molecule has 1 aliphatic carbocycles. The van der Waals surface area contributed by atoms with Gasteiger partial charge in [0.1, 0.15) is 23.2 Å². The van der Waals surface area contributed by atoms with Gasteiger partial charge >= 0.3 is 6.18 Å². The van der Waals surface area contributed by atoms with Gasteiger partial charge in [-0.3, -0.25) is 23.9 Å². The number of hydrogen-bond donors (Lipinski definition) is 2. The molecule has 3 aromatic rings. The summed E-state index contributed by atoms with van der Waals surface area (Å²) in [5.74, 6) is -3.21. The van der Waals surface area contributed by atoms with Crippen LogP contribution in [0.2, 0.25) is 10.0 Å². The van der Waals surface area contributed by atoms with Crippen LogP contribution in [0.15, 0.2) is 35.3 Å². The second-order valence-corrected chi connectivity index (χ2v) is 10.0. The number of anilines is 1. The molecule has 1 aliphatic heterocycles. The number of halogens is 6. The molecule has 1 aromatic carbocycles. The van der Waals surface area contributed by atoms with E-state index in [1.54, 1.807) is 0 Å². The first-order valence-electron chi connectivity index (χ1n) is 11.4. The van der Waals surface area contributed by atoms with E-state index in [1.165, 1.54) is 17.0 Å². The molecular formula is C24H18Cl2F4N4O4. The number of carbonyl (C=O) groups is 2. The number of rotatable bonds is 5. The molecule has 1 saturated carbocycles. The molecule has 2 fully saturated rings. The number of carbonyl (C=O) groups excluding carboxylic acids is 2. The number of fused-ring (bicyclic) bond motifs is 1. The summed E-state index contributed by atoms with van der Waals surface area (Å²) in [5, 5.41) is 11.1. The number of aliphatic hydroxyl groups is 1. The average molecular weight is 573 g/mol. The smallest absolute Gasteiger partial charge is 0.391 e. The van der Waals surface area contributed by atoms with Crippen molar-refractivity contribution in [1.29, 1.82) is 0 Å². The van der Waals surface area contributed by atoms with Crippen molar-refractivity contribution in [2.24, 2.45) is 5.92 Å². The fraction of sp³-hybridized carbons (Fsp3) is 0.333. The van der Waals surface area contributed by atoms with Crippen molar-refractivity contribution in [3.05, 3.63) is 62.1 Å². The van der Waals surface area contributed by atoms with Crippen LogP contribution in [0.5, 0.6) is 0 Å². The summed E-state index contributed by atoms with van der Waals surface area (Å²) in [6.45, 7) is -0.0554. The fourth-order valence-corrected chi connectivity index (χ4v) is 5.11. The average Bonchev–Trinajstić information content (AvgIpc) is 3.59. The Morgan fingerprint density at radius 2 is 1.82 bits per heavy atom. The predicted molar refractivity (Wildman–Crippen MR) is 130 cm³/mol. The Morgan fingerprint density at radius 1 is 1.16 bits per heavy atom. The minimum Gasteiger partial charge on any atom is -0.391 e. The minimum atomic E-state index is -4.72. The van der Waals surface area contributed by atoms with E-state index < -0.39 is 52.9 Å². The van der Waals surface area contributed by atoms with Gasteiger partial charge in [0, 0.05) is 6.20 Å². The van der Waals surface area contributed by atoms with E-state index in [1.807, 2.05) is 5.32 Å². The number of alkyl halides is 3. The Labute approximate surface area is 221 Å². The van der Waals surface area contributed by atoms with Crippen LogP contribution in [-0.4, -0.2) is 51.3 Å². The van der Waals surface area contributed by atoms with E-state index in [4.69, 9.17) is 23.2 Å². The van der Waals surface area contributed by atoms with Gasteiger partial charge in [0.2, 0.25) is 11.3 Å². The normalized spacial score (nSPS) is 18.8. The second-order valence-electron chi connectivity index (χ2n) is 9.19. The molecule has 0 spiro atoms. The number of hydrogen-bond acceptors (Lipinski definition) is 5. The Hall–Kier alpha value is -3.22. The first kappa shape index (κ1) is 26.4. The van der Waals surface area contributed by atoms with Gasteiger partial charge < -0.3 is 10.4 Å². The van der Waals surface area contributed by atoms with Crippen molar-refractivity contribution in [2.45, 2.75) is 37.6 Å². The van der Waals surface area contributed by atoms with E-state index in [-0.39, 0.29) is 58.4 Å². The summed E-state index contributed by atoms with van der Waals surface area (Å²) in [6, 6.07) is 2.26. The van der Waals surface area contributed by atoms with Crippen molar-refractivity contribution in [3.63, 3.8) is 0 Å². The molecule has 200 valence electrons. The lowest BCUT2D eigenvalue weighted by molar-refractivity contribution is -0.158. The quantitative estimate of drug-likeness (QED) is 0.450. The summed E-state index contributed by atoms with van der Waals surface area (Å²) in [5.41, 5.74) is -1.82. The molecule has 1 saturated heterocycles. The Morgan fingerprint density at radius 3 is 2.37 bits per heavy atom. The van der Waals surface area contributed by atoms with Crippen molar-refractivity contribution < 1.29 is 32.3 Å². The lowest BCUT2D eigenvalue weighted by atomic mass is 10.1. The van der Waals surface area contributed by atoms with E-state index >= 15 is 0 Å². The molecule has 5 rings (SSSR count). The van der Waals surface area contributed by atoms with Crippen LogP contribution in [0.4, 0.5) is 23.4 Å². The first-order valence-corrected chi connectivity index (χ1v) is 12.2. The molecule has 2 aromatic heterocycles. The maximum absolute atomic E-state index is 13.9. The Balaban J connectivity index is 1.70. The highest BCUT2D eigenvalue weighted by Gasteiger charge is 2.50. The highest BCUT2D eigenvalue weighted by molar-refractivity contribution is 6.37. The van der Waals surface area contributed by atoms with E-state index in [0.29, 0.717) is 0 Å². The Kier molecular flexibility index (Phi) is 6.60. The largest absolute Gasteiger partial charge is 0.408 e. The molecule has 0 unspecified atom stereocenters. The maximum Gasteiger partial charge on any atom is 0.408 e. The number of nitrogens with one attached hydrogen (secondary N) is 1. The molecule has 3 heterocycles. The highest BCUT2D eigenvalue weighted by atomic mass is 35.5. The second kappa shape index (κ2) is 9.51. The van der Waals surface area contributed by atoms with Crippen LogP contribution in [0.25, 0.3) is 16.7 Å². The predicted octanol–water partition coefficient (Wildman–Crippen LogP) is 4.00. The lowest BCUT2D eigenvalue weighted by Gasteiger charge is -2.22. The molecule has 38 heavy (non-hydrogen) atoms. The third-order valence-corrected chi connectivity index (χ3v) is 6.99. The zero-order chi connectivity index (χ0) is 27.5. The molecular weight excluding hydrogens is 555 g/mol. The van der Waals surface area contributed by atoms with Crippen LogP contribution < -0.4 is 15.6 Å². The van der Waals surface area contributed by atoms with Crippen LogP contribution in [-0.2, 0) is 4.79 Å². The van der Waals surface area contributed by atoms with E-state index in [2.05, 4.69) is 4.98 Å². The van der Waals surface area contributed by atoms with E-state index in [9.17, 15) is 37.1 Å². The van der Waals surface area contributed by atoms with Crippen LogP contribution >= 0.6 is 23.2 Å². The summed E-state index contributed by atoms with van der Waals surface area (Å²) < 4.78 is 55.7. The van der Waals surface area contributed by atoms with Crippen molar-refractivity contribution in [1.82, 2.24) is 14.9 Å². The standard InChI is InChI=1S/C24H18Cl2F4N4O4/c25-15-5-11(27)6-16(26)19(15)34-9-14(23(38)32-21(10-1-2-10)24(28,29)30)20(37)13-3-4-17(31-22(13)34)33-8-12(35)7-18(33)36/h3-6,9-10,12,21,35H,1-2,7-8H2,(H,32,38)/t12-,21+/m0/s1. The summed E-state index contributed by atoms with van der Waals surface area (Å²) in [6.07, 6.45) is -4.29. The SMILES string of the molecule is O=C(N[C@H](C1CC1)C(F)(F)F)c1cn(-c2c(Cl)cc(F)cc2Cl)c2nc(N3C[C@@H](O)CC3=O)ccc2c1=O. The number of pyridine rings is 2. The number of benzene rings is 1. The van der Waals surface area contributed by atoms with Gasteiger partial charge in [-0.25, -0.2) is 9.37 Å². The number of β-amino-alcohol motifs (C(OH)–C–C–N with tert-alkyl or cyclic N) is 1. The van der Waals surface area contributed by atoms with Crippen molar-refractivity contribution in [3.8, 4) is 5.69 Å². The van der Waals surface area contributed by atoms with Crippen LogP contribution in [0.3, 0.4) is 0 Å². The van der Waals surface area contributed by atoms with Gasteiger partial charge in [-0.05, 0) is 43.0 Å². The van der Waals surface area contributed by atoms with Gasteiger partial charge in [-0.2, -0.15) is 13.2 Å². The van der Waals surface area contributed by atoms with Gasteiger partial charge in [0.25, 0.3) is 5.91 Å². The summed E-state index contributed by atoms with van der Waals surface area (Å²) >= 11 is 12.5. The first-order chi connectivity index (χ1) is 17.8. The lowest BCUT2D eigenvalue weighted by Crippen LogP contribution is -2.48. The molecule has 0 bridgehead atoms. The number of nitrogens with zero attached hydrogens (tertiary/aromatic N) is 3. The molecule has 2 aliphatic rings. The number of amides is 2. The van der Waals surface area contributed by atoms with Crippen LogP contribution in [0.1, 0.15) is 29.6 Å². The molecule has 8 nitrogen and oxygen atoms in total. The topological polar surface area (TPSA) is 105 Å². The molecule has 0 radical (unpaired) electrons. The maximum atomic E-state index is 13.9. The van der Waals surface area contributed by atoms with Gasteiger partial charge in [0.15, 0.2) is 5.65 Å². The zero-order valence-corrected chi connectivity index (χ0v) is 20.7. The number of aliphatic hydroxyl groups excluding tert-OH is 1. The van der Waals surface area contributed by atoms with Gasteiger partial charge in [-0.15, -0.1) is 0 Å². The zero-order valence-electron chi connectivity index (χ0n) is 19.2. The summed E-state index contributed by atoms with van der Waals surface area (Å²) in [7, 11) is 0. The van der Waals surface area contributed by atoms with E-state index in [0.717, 1.165) is 22.9 Å². The number of aromatic nitrogens is 2. The fourth-order valence-electron chi connectivity index (χ4n) is 4.47. The molecule has 2 amide bonds. The third kappa shape index (κ3) is 4.83. The molecule has 2 atom stereocenters. The third-order valence-electron chi connectivity index (χ3n) is 6.42. The highest BCUT2D eigenvalue weighted by Crippen LogP contribution is 2.40. The van der Waals surface area contributed by atoms with Crippen LogP contribution in [0, 0.1) is 11.7 Å².